The smallest absolute Gasteiger partial charge is 0.0340 e. The summed E-state index contributed by atoms with van der Waals surface area (Å²) >= 11 is 0. The maximum absolute atomic E-state index is 3.47. The second kappa shape index (κ2) is 10.9. The molecule has 1 N–H and O–H groups in total. The fourth-order valence-corrected chi connectivity index (χ4v) is 2.14. The number of benzene rings is 1. The van der Waals surface area contributed by atoms with Crippen molar-refractivity contribution in [1.29, 1.82) is 0 Å². The van der Waals surface area contributed by atoms with E-state index in [2.05, 4.69) is 42.3 Å². The van der Waals surface area contributed by atoms with Gasteiger partial charge in [0.15, 0.2) is 0 Å². The van der Waals surface area contributed by atoms with Crippen LogP contribution < -0.4 is 5.32 Å². The molecule has 0 heterocycles. The van der Waals surface area contributed by atoms with E-state index in [1.165, 1.54) is 57.4 Å². The average molecular weight is 261 g/mol. The number of nitrogens with zero attached hydrogens (tertiary/aromatic N) is 1. The van der Waals surface area contributed by atoms with E-state index in [1.807, 2.05) is 12.1 Å². The molecule has 0 atom stereocenters. The van der Waals surface area contributed by atoms with Crippen LogP contribution in [0, 0.1) is 6.07 Å². The molecular formula is C17H29N2. The van der Waals surface area contributed by atoms with Gasteiger partial charge in [0.05, 0.1) is 0 Å². The SMILES string of the molecule is CCCCN(CCCC)CCCNc1cc[c]cc1. The van der Waals surface area contributed by atoms with E-state index in [-0.39, 0.29) is 0 Å². The van der Waals surface area contributed by atoms with Crippen LogP contribution in [0.1, 0.15) is 46.0 Å². The Morgan fingerprint density at radius 2 is 1.53 bits per heavy atom. The van der Waals surface area contributed by atoms with Gasteiger partial charge in [-0.05, 0) is 57.1 Å². The van der Waals surface area contributed by atoms with Crippen LogP contribution in [0.15, 0.2) is 24.3 Å². The molecule has 1 aromatic carbocycles. The van der Waals surface area contributed by atoms with Crippen LogP contribution in [0.5, 0.6) is 0 Å². The Bertz CT molecular complexity index is 289. The highest BCUT2D eigenvalue weighted by atomic mass is 15.1. The first kappa shape index (κ1) is 16.0. The lowest BCUT2D eigenvalue weighted by Gasteiger charge is -2.22. The third kappa shape index (κ3) is 7.89. The van der Waals surface area contributed by atoms with Crippen molar-refractivity contribution in [3.63, 3.8) is 0 Å². The molecule has 0 bridgehead atoms. The number of anilines is 1. The summed E-state index contributed by atoms with van der Waals surface area (Å²) in [5.74, 6) is 0. The lowest BCUT2D eigenvalue weighted by Crippen LogP contribution is -2.28. The summed E-state index contributed by atoms with van der Waals surface area (Å²) in [5.41, 5.74) is 1.20. The summed E-state index contributed by atoms with van der Waals surface area (Å²) in [6.07, 6.45) is 6.45. The zero-order valence-corrected chi connectivity index (χ0v) is 12.6. The van der Waals surface area contributed by atoms with E-state index in [4.69, 9.17) is 0 Å². The van der Waals surface area contributed by atoms with Gasteiger partial charge in [-0.2, -0.15) is 0 Å². The molecule has 0 saturated heterocycles. The molecule has 0 unspecified atom stereocenters. The summed E-state index contributed by atoms with van der Waals surface area (Å²) in [6, 6.07) is 11.1. The number of hydrogen-bond acceptors (Lipinski definition) is 2. The first-order valence-corrected chi connectivity index (χ1v) is 7.79. The molecular weight excluding hydrogens is 232 g/mol. The second-order valence-corrected chi connectivity index (χ2v) is 5.12. The van der Waals surface area contributed by atoms with E-state index in [0.717, 1.165) is 6.54 Å². The molecule has 0 aliphatic heterocycles. The molecule has 19 heavy (non-hydrogen) atoms. The first-order valence-electron chi connectivity index (χ1n) is 7.79. The summed E-state index contributed by atoms with van der Waals surface area (Å²) in [7, 11) is 0. The van der Waals surface area contributed by atoms with E-state index >= 15 is 0 Å². The lowest BCUT2D eigenvalue weighted by molar-refractivity contribution is 0.264. The van der Waals surface area contributed by atoms with E-state index < -0.39 is 0 Å². The molecule has 0 aliphatic rings. The van der Waals surface area contributed by atoms with Gasteiger partial charge in [-0.3, -0.25) is 0 Å². The van der Waals surface area contributed by atoms with E-state index in [9.17, 15) is 0 Å². The second-order valence-electron chi connectivity index (χ2n) is 5.12. The number of hydrogen-bond donors (Lipinski definition) is 1. The van der Waals surface area contributed by atoms with E-state index in [1.54, 1.807) is 0 Å². The predicted octanol–water partition coefficient (Wildman–Crippen LogP) is 4.19. The molecule has 0 aliphatic carbocycles. The maximum Gasteiger partial charge on any atom is 0.0340 e. The average Bonchev–Trinajstić information content (AvgIpc) is 2.46. The van der Waals surface area contributed by atoms with Gasteiger partial charge in [0, 0.05) is 12.2 Å². The van der Waals surface area contributed by atoms with Gasteiger partial charge in [0.25, 0.3) is 0 Å². The van der Waals surface area contributed by atoms with Crippen LogP contribution in [-0.4, -0.2) is 31.1 Å². The summed E-state index contributed by atoms with van der Waals surface area (Å²) < 4.78 is 0. The molecule has 0 aromatic heterocycles. The van der Waals surface area contributed by atoms with Crippen molar-refractivity contribution in [2.75, 3.05) is 31.5 Å². The van der Waals surface area contributed by atoms with Crippen LogP contribution in [0.3, 0.4) is 0 Å². The molecule has 1 rings (SSSR count). The molecule has 0 spiro atoms. The molecule has 2 nitrogen and oxygen atoms in total. The maximum atomic E-state index is 3.47. The standard InChI is InChI=1S/C17H29N2/c1-3-5-14-19(15-6-4-2)16-10-13-18-17-11-8-7-9-12-17/h8-9,11-12,18H,3-6,10,13-16H2,1-2H3. The third-order valence-corrected chi connectivity index (χ3v) is 3.35. The van der Waals surface area contributed by atoms with Crippen molar-refractivity contribution in [3.8, 4) is 0 Å². The van der Waals surface area contributed by atoms with Gasteiger partial charge in [0.1, 0.15) is 0 Å². The fourth-order valence-electron chi connectivity index (χ4n) is 2.14. The highest BCUT2D eigenvalue weighted by Gasteiger charge is 2.03. The molecule has 1 radical (unpaired) electrons. The van der Waals surface area contributed by atoms with Gasteiger partial charge >= 0.3 is 0 Å². The van der Waals surface area contributed by atoms with Crippen molar-refractivity contribution in [3.05, 3.63) is 30.3 Å². The molecule has 0 fully saturated rings. The number of unbranched alkanes of at least 4 members (excludes halogenated alkanes) is 2. The van der Waals surface area contributed by atoms with Gasteiger partial charge in [0.2, 0.25) is 0 Å². The van der Waals surface area contributed by atoms with Crippen LogP contribution >= 0.6 is 0 Å². The van der Waals surface area contributed by atoms with Gasteiger partial charge < -0.3 is 10.2 Å². The number of nitrogens with one attached hydrogen (secondary N) is 1. The van der Waals surface area contributed by atoms with E-state index in [0.29, 0.717) is 0 Å². The zero-order valence-electron chi connectivity index (χ0n) is 12.6. The Labute approximate surface area is 119 Å². The van der Waals surface area contributed by atoms with Gasteiger partial charge in [-0.1, -0.05) is 38.8 Å². The molecule has 0 amide bonds. The van der Waals surface area contributed by atoms with Crippen LogP contribution in [0.25, 0.3) is 0 Å². The van der Waals surface area contributed by atoms with Crippen LogP contribution in [-0.2, 0) is 0 Å². The van der Waals surface area contributed by atoms with Crippen molar-refractivity contribution in [2.24, 2.45) is 0 Å². The summed E-state index contributed by atoms with van der Waals surface area (Å²) in [5, 5.41) is 3.47. The largest absolute Gasteiger partial charge is 0.385 e. The van der Waals surface area contributed by atoms with Crippen molar-refractivity contribution >= 4 is 5.69 Å². The molecule has 0 saturated carbocycles. The van der Waals surface area contributed by atoms with Crippen molar-refractivity contribution in [1.82, 2.24) is 4.90 Å². The minimum atomic E-state index is 1.05. The van der Waals surface area contributed by atoms with Crippen LogP contribution in [0.2, 0.25) is 0 Å². The minimum absolute atomic E-state index is 1.05. The Morgan fingerprint density at radius 1 is 0.947 bits per heavy atom. The quantitative estimate of drug-likeness (QED) is 0.601. The Hall–Kier alpha value is -1.02. The molecule has 2 heteroatoms. The first-order chi connectivity index (χ1) is 9.36. The molecule has 107 valence electrons. The number of rotatable bonds is 11. The zero-order chi connectivity index (χ0) is 13.8. The molecule has 1 aromatic rings. The summed E-state index contributed by atoms with van der Waals surface area (Å²) in [6.45, 7) is 9.33. The van der Waals surface area contributed by atoms with Gasteiger partial charge in [-0.15, -0.1) is 0 Å². The van der Waals surface area contributed by atoms with Crippen molar-refractivity contribution < 1.29 is 0 Å². The predicted molar refractivity (Wildman–Crippen MR) is 84.6 cm³/mol. The van der Waals surface area contributed by atoms with Gasteiger partial charge in [-0.25, -0.2) is 0 Å². The highest BCUT2D eigenvalue weighted by molar-refractivity contribution is 5.41. The Morgan fingerprint density at radius 3 is 2.11 bits per heavy atom. The third-order valence-electron chi connectivity index (χ3n) is 3.35. The fraction of sp³-hybridized carbons (Fsp3) is 0.647. The monoisotopic (exact) mass is 261 g/mol. The van der Waals surface area contributed by atoms with Crippen LogP contribution in [0.4, 0.5) is 5.69 Å². The minimum Gasteiger partial charge on any atom is -0.385 e. The highest BCUT2D eigenvalue weighted by Crippen LogP contribution is 2.05. The Balaban J connectivity index is 2.16. The normalized spacial score (nSPS) is 10.9. The summed E-state index contributed by atoms with van der Waals surface area (Å²) in [4.78, 5) is 2.62. The van der Waals surface area contributed by atoms with Crippen molar-refractivity contribution in [2.45, 2.75) is 46.0 Å². The lowest BCUT2D eigenvalue weighted by atomic mass is 10.2. The Kier molecular flexibility index (Phi) is 9.17. The topological polar surface area (TPSA) is 15.3 Å².